The maximum Gasteiger partial charge on any atom is 0.143 e. The van der Waals surface area contributed by atoms with Crippen molar-refractivity contribution in [2.24, 2.45) is 9.98 Å². The molecule has 0 radical (unpaired) electrons. The predicted octanol–water partition coefficient (Wildman–Crippen LogP) is 16.2. The Hall–Kier alpha value is -7.88. The fourth-order valence-electron chi connectivity index (χ4n) is 8.83. The lowest BCUT2D eigenvalue weighted by molar-refractivity contribution is 0.670. The first kappa shape index (κ1) is 35.3. The lowest BCUT2D eigenvalue weighted by Gasteiger charge is -2.16. The molecule has 0 saturated heterocycles. The van der Waals surface area contributed by atoms with Crippen LogP contribution in [-0.2, 0) is 0 Å². The molecule has 0 atom stereocenters. The van der Waals surface area contributed by atoms with Crippen molar-refractivity contribution in [1.82, 2.24) is 0 Å². The zero-order valence-corrected chi connectivity index (χ0v) is 33.1. The van der Waals surface area contributed by atoms with Gasteiger partial charge < -0.3 is 4.42 Å². The van der Waals surface area contributed by atoms with Crippen molar-refractivity contribution in [2.45, 2.75) is 6.92 Å². The summed E-state index contributed by atoms with van der Waals surface area (Å²) in [5.41, 5.74) is 14.3. The number of para-hydroxylation sites is 1. The van der Waals surface area contributed by atoms with Crippen LogP contribution in [0.3, 0.4) is 0 Å². The van der Waals surface area contributed by atoms with Gasteiger partial charge in [-0.05, 0) is 116 Å². The highest BCUT2D eigenvalue weighted by Gasteiger charge is 2.18. The van der Waals surface area contributed by atoms with Gasteiger partial charge in [0.15, 0.2) is 0 Å². The molecule has 0 amide bonds. The number of aliphatic imine (C=N–C) groups is 2. The summed E-state index contributed by atoms with van der Waals surface area (Å²) in [6.45, 7) is 6.21. The zero-order valence-electron chi connectivity index (χ0n) is 33.1. The van der Waals surface area contributed by atoms with Crippen LogP contribution in [-0.4, -0.2) is 12.4 Å². The van der Waals surface area contributed by atoms with E-state index in [-0.39, 0.29) is 0 Å². The van der Waals surface area contributed by atoms with E-state index in [1.807, 2.05) is 12.1 Å². The number of hydrogen-bond acceptors (Lipinski definition) is 3. The number of nitrogens with zero attached hydrogens (tertiary/aromatic N) is 2. The maximum absolute atomic E-state index is 6.61. The lowest BCUT2D eigenvalue weighted by Crippen LogP contribution is -1.95. The third-order valence-electron chi connectivity index (χ3n) is 11.9. The first-order chi connectivity index (χ1) is 29.6. The van der Waals surface area contributed by atoms with E-state index in [1.165, 1.54) is 10.8 Å². The van der Waals surface area contributed by atoms with Crippen LogP contribution in [0.15, 0.2) is 215 Å². The number of benzene rings is 10. The Bertz CT molecular complexity index is 3510. The van der Waals surface area contributed by atoms with Gasteiger partial charge in [-0.15, -0.1) is 0 Å². The molecule has 11 aromatic rings. The van der Waals surface area contributed by atoms with Crippen molar-refractivity contribution >= 4 is 78.1 Å². The minimum Gasteiger partial charge on any atom is -0.455 e. The van der Waals surface area contributed by atoms with Gasteiger partial charge in [0, 0.05) is 32.8 Å². The fourth-order valence-corrected chi connectivity index (χ4v) is 8.83. The molecule has 3 nitrogen and oxygen atoms in total. The van der Waals surface area contributed by atoms with Gasteiger partial charge in [-0.2, -0.15) is 0 Å². The standard InChI is InChI=1S/C57H38N2O/c1-36(59-56-53-34-45(38-16-7-4-8-17-38)27-29-49(53)48-28-26-44(33-52(48)55(56)58-2)37-14-5-3-6-15-37)39-20-11-21-40(30-39)41-22-12-23-46(31-41)47-24-13-25-50-51-32-42-18-9-10-19-43(42)35-54(51)60-57(47)50/h3-35H,2H2,1H3. The third-order valence-corrected chi connectivity index (χ3v) is 11.9. The molecule has 0 N–H and O–H groups in total. The minimum absolute atomic E-state index is 0.775. The number of furan rings is 1. The second kappa shape index (κ2) is 14.5. The largest absolute Gasteiger partial charge is 0.455 e. The molecule has 1 heterocycles. The summed E-state index contributed by atoms with van der Waals surface area (Å²) in [6.07, 6.45) is 0. The summed E-state index contributed by atoms with van der Waals surface area (Å²) >= 11 is 0. The van der Waals surface area contributed by atoms with E-state index in [2.05, 4.69) is 202 Å². The van der Waals surface area contributed by atoms with E-state index in [4.69, 9.17) is 14.4 Å². The van der Waals surface area contributed by atoms with Crippen molar-refractivity contribution in [2.75, 3.05) is 0 Å². The second-order valence-corrected chi connectivity index (χ2v) is 15.4. The van der Waals surface area contributed by atoms with Gasteiger partial charge in [0.1, 0.15) is 11.2 Å². The average Bonchev–Trinajstić information content (AvgIpc) is 3.68. The zero-order chi connectivity index (χ0) is 40.2. The molecule has 282 valence electrons. The van der Waals surface area contributed by atoms with Crippen LogP contribution in [0.4, 0.5) is 11.4 Å². The second-order valence-electron chi connectivity index (χ2n) is 15.4. The van der Waals surface area contributed by atoms with E-state index >= 15 is 0 Å². The Morgan fingerprint density at radius 3 is 1.63 bits per heavy atom. The third kappa shape index (κ3) is 6.07. The van der Waals surface area contributed by atoms with Crippen molar-refractivity contribution in [3.05, 3.63) is 206 Å². The molecule has 3 heteroatoms. The van der Waals surface area contributed by atoms with Crippen molar-refractivity contribution in [1.29, 1.82) is 0 Å². The summed E-state index contributed by atoms with van der Waals surface area (Å²) in [5.74, 6) is 0. The molecule has 0 spiro atoms. The Labute approximate surface area is 348 Å². The first-order valence-corrected chi connectivity index (χ1v) is 20.3. The molecule has 0 unspecified atom stereocenters. The summed E-state index contributed by atoms with van der Waals surface area (Å²) in [4.78, 5) is 10.2. The van der Waals surface area contributed by atoms with Crippen molar-refractivity contribution < 1.29 is 4.42 Å². The molecular formula is C57H38N2O. The van der Waals surface area contributed by atoms with Crippen LogP contribution in [0.1, 0.15) is 12.5 Å². The van der Waals surface area contributed by atoms with Gasteiger partial charge in [-0.1, -0.05) is 164 Å². The summed E-state index contributed by atoms with van der Waals surface area (Å²) in [5, 5.41) is 8.94. The minimum atomic E-state index is 0.775. The molecule has 0 saturated carbocycles. The summed E-state index contributed by atoms with van der Waals surface area (Å²) < 4.78 is 6.61. The number of hydrogen-bond donors (Lipinski definition) is 0. The van der Waals surface area contributed by atoms with Crippen molar-refractivity contribution in [3.8, 4) is 44.5 Å². The maximum atomic E-state index is 6.61. The van der Waals surface area contributed by atoms with Gasteiger partial charge in [0.25, 0.3) is 0 Å². The van der Waals surface area contributed by atoms with Crippen LogP contribution >= 0.6 is 0 Å². The van der Waals surface area contributed by atoms with E-state index in [9.17, 15) is 0 Å². The van der Waals surface area contributed by atoms with Crippen LogP contribution < -0.4 is 0 Å². The molecular weight excluding hydrogens is 729 g/mol. The molecule has 0 bridgehead atoms. The monoisotopic (exact) mass is 766 g/mol. The predicted molar refractivity (Wildman–Crippen MR) is 256 cm³/mol. The highest BCUT2D eigenvalue weighted by Crippen LogP contribution is 2.46. The van der Waals surface area contributed by atoms with E-state index in [1.54, 1.807) is 0 Å². The van der Waals surface area contributed by atoms with Crippen LogP contribution in [0.2, 0.25) is 0 Å². The molecule has 0 fully saturated rings. The highest BCUT2D eigenvalue weighted by molar-refractivity contribution is 6.21. The van der Waals surface area contributed by atoms with Gasteiger partial charge in [0.05, 0.1) is 11.4 Å². The molecule has 0 aliphatic heterocycles. The first-order valence-electron chi connectivity index (χ1n) is 20.3. The molecule has 0 aliphatic rings. The van der Waals surface area contributed by atoms with Crippen LogP contribution in [0.5, 0.6) is 0 Å². The molecule has 60 heavy (non-hydrogen) atoms. The van der Waals surface area contributed by atoms with Crippen molar-refractivity contribution in [3.63, 3.8) is 0 Å². The number of fused-ring (bicyclic) bond motifs is 7. The summed E-state index contributed by atoms with van der Waals surface area (Å²) in [7, 11) is 0. The highest BCUT2D eigenvalue weighted by atomic mass is 16.3. The molecule has 0 aliphatic carbocycles. The number of rotatable bonds is 7. The molecule has 1 aromatic heterocycles. The molecule has 11 rings (SSSR count). The van der Waals surface area contributed by atoms with E-state index in [0.29, 0.717) is 0 Å². The van der Waals surface area contributed by atoms with Crippen LogP contribution in [0.25, 0.3) is 98.8 Å². The quantitative estimate of drug-likeness (QED) is 0.118. The van der Waals surface area contributed by atoms with Gasteiger partial charge in [-0.3, -0.25) is 9.98 Å². The average molecular weight is 767 g/mol. The Balaban J connectivity index is 1.03. The Morgan fingerprint density at radius 2 is 0.950 bits per heavy atom. The smallest absolute Gasteiger partial charge is 0.143 e. The summed E-state index contributed by atoms with van der Waals surface area (Å²) in [6, 6.07) is 71.0. The SMILES string of the molecule is C=Nc1c(N=C(C)c2cccc(-c3cccc(-c4cccc5c4oc4cc6ccccc6cc45)c3)c2)c2cc(-c3ccccc3)ccc2c2ccc(-c3ccccc3)cc12. The molecule has 10 aromatic carbocycles. The van der Waals surface area contributed by atoms with Gasteiger partial charge in [0.2, 0.25) is 0 Å². The fraction of sp³-hybridized carbons (Fsp3) is 0.0175. The van der Waals surface area contributed by atoms with E-state index < -0.39 is 0 Å². The lowest BCUT2D eigenvalue weighted by atomic mass is 9.92. The van der Waals surface area contributed by atoms with Crippen LogP contribution in [0, 0.1) is 0 Å². The van der Waals surface area contributed by atoms with Gasteiger partial charge in [-0.25, -0.2) is 0 Å². The Morgan fingerprint density at radius 1 is 0.400 bits per heavy atom. The normalized spacial score (nSPS) is 11.9. The Kier molecular flexibility index (Phi) is 8.53. The van der Waals surface area contributed by atoms with E-state index in [0.717, 1.165) is 111 Å². The topological polar surface area (TPSA) is 37.9 Å². The van der Waals surface area contributed by atoms with Gasteiger partial charge >= 0.3 is 0 Å².